The molecule has 0 saturated carbocycles. The molecule has 2 aromatic rings. The minimum atomic E-state index is -0.652. The zero-order valence-corrected chi connectivity index (χ0v) is 9.72. The monoisotopic (exact) mass is 259 g/mol. The van der Waals surface area contributed by atoms with Crippen molar-refractivity contribution < 1.29 is 13.9 Å². The highest BCUT2D eigenvalue weighted by Gasteiger charge is 2.20. The van der Waals surface area contributed by atoms with Crippen LogP contribution in [-0.4, -0.2) is 13.1 Å². The highest BCUT2D eigenvalue weighted by Crippen LogP contribution is 2.35. The van der Waals surface area contributed by atoms with Crippen molar-refractivity contribution >= 4 is 45.8 Å². The number of esters is 1. The molecule has 0 fully saturated rings. The van der Waals surface area contributed by atoms with Gasteiger partial charge in [0.05, 0.1) is 17.8 Å². The molecule has 0 unspecified atom stereocenters. The van der Waals surface area contributed by atoms with Gasteiger partial charge < -0.3 is 14.9 Å². The lowest BCUT2D eigenvalue weighted by Gasteiger charge is -1.94. The van der Waals surface area contributed by atoms with Gasteiger partial charge in [0.2, 0.25) is 5.76 Å². The number of carbonyl (C=O) groups is 1. The molecular weight excluding hydrogens is 253 g/mol. The first-order valence-corrected chi connectivity index (χ1v) is 5.05. The molecule has 0 spiro atoms. The van der Waals surface area contributed by atoms with E-state index in [2.05, 4.69) is 4.74 Å². The van der Waals surface area contributed by atoms with E-state index in [0.717, 1.165) is 0 Å². The topological polar surface area (TPSA) is 65.5 Å². The molecule has 1 aromatic carbocycles. The first kappa shape index (κ1) is 11.1. The number of nitrogen functional groups attached to an aromatic ring is 1. The lowest BCUT2D eigenvalue weighted by atomic mass is 10.2. The summed E-state index contributed by atoms with van der Waals surface area (Å²) in [7, 11) is 1.24. The Morgan fingerprint density at radius 1 is 1.44 bits per heavy atom. The number of methoxy groups -OCH3 is 1. The van der Waals surface area contributed by atoms with E-state index in [1.807, 2.05) is 0 Å². The predicted octanol–water partition coefficient (Wildman–Crippen LogP) is 3.11. The molecule has 0 atom stereocenters. The van der Waals surface area contributed by atoms with Gasteiger partial charge in [-0.1, -0.05) is 23.2 Å². The Balaban J connectivity index is 2.77. The number of furan rings is 1. The van der Waals surface area contributed by atoms with E-state index in [1.54, 1.807) is 6.07 Å². The summed E-state index contributed by atoms with van der Waals surface area (Å²) in [6.07, 6.45) is 0. The Hall–Kier alpha value is -1.39. The van der Waals surface area contributed by atoms with Crippen molar-refractivity contribution in [1.29, 1.82) is 0 Å². The van der Waals surface area contributed by atoms with Gasteiger partial charge in [-0.2, -0.15) is 0 Å². The van der Waals surface area contributed by atoms with Gasteiger partial charge in [0, 0.05) is 10.4 Å². The van der Waals surface area contributed by atoms with E-state index in [4.69, 9.17) is 33.4 Å². The van der Waals surface area contributed by atoms with Crippen LogP contribution in [0, 0.1) is 0 Å². The molecular formula is C10H7Cl2NO3. The first-order valence-electron chi connectivity index (χ1n) is 4.30. The van der Waals surface area contributed by atoms with Crippen molar-refractivity contribution in [2.24, 2.45) is 0 Å². The minimum Gasteiger partial charge on any atom is -0.463 e. The molecule has 0 amide bonds. The van der Waals surface area contributed by atoms with Crippen molar-refractivity contribution in [2.45, 2.75) is 0 Å². The molecule has 1 heterocycles. The van der Waals surface area contributed by atoms with E-state index in [1.165, 1.54) is 13.2 Å². The average molecular weight is 260 g/mol. The van der Waals surface area contributed by atoms with E-state index >= 15 is 0 Å². The zero-order chi connectivity index (χ0) is 11.9. The number of fused-ring (bicyclic) bond motifs is 1. The maximum atomic E-state index is 11.3. The van der Waals surface area contributed by atoms with Gasteiger partial charge in [0.1, 0.15) is 0 Å². The predicted molar refractivity (Wildman–Crippen MR) is 62.0 cm³/mol. The van der Waals surface area contributed by atoms with Gasteiger partial charge >= 0.3 is 5.97 Å². The van der Waals surface area contributed by atoms with Crippen LogP contribution < -0.4 is 5.73 Å². The van der Waals surface area contributed by atoms with Crippen molar-refractivity contribution in [3.05, 3.63) is 27.9 Å². The Labute approximate surface area is 101 Å². The summed E-state index contributed by atoms with van der Waals surface area (Å²) < 4.78 is 9.78. The van der Waals surface area contributed by atoms with Gasteiger partial charge in [-0.25, -0.2) is 4.79 Å². The summed E-state index contributed by atoms with van der Waals surface area (Å²) in [5.74, 6) is -0.720. The van der Waals surface area contributed by atoms with E-state index < -0.39 is 5.97 Å². The highest BCUT2D eigenvalue weighted by molar-refractivity contribution is 6.38. The summed E-state index contributed by atoms with van der Waals surface area (Å²) in [5.41, 5.74) is 6.24. The van der Waals surface area contributed by atoms with Gasteiger partial charge in [-0.15, -0.1) is 0 Å². The number of nitrogens with two attached hydrogens (primary N) is 1. The normalized spacial score (nSPS) is 10.7. The van der Waals surface area contributed by atoms with Crippen LogP contribution in [0.2, 0.25) is 10.0 Å². The number of hydrogen-bond donors (Lipinski definition) is 1. The van der Waals surface area contributed by atoms with Gasteiger partial charge in [0.25, 0.3) is 0 Å². The molecule has 0 radical (unpaired) electrons. The second-order valence-corrected chi connectivity index (χ2v) is 3.94. The Morgan fingerprint density at radius 3 is 2.75 bits per heavy atom. The molecule has 84 valence electrons. The highest BCUT2D eigenvalue weighted by atomic mass is 35.5. The third-order valence-electron chi connectivity index (χ3n) is 2.12. The van der Waals surface area contributed by atoms with Gasteiger partial charge in [-0.05, 0) is 12.1 Å². The number of hydrogen-bond acceptors (Lipinski definition) is 4. The van der Waals surface area contributed by atoms with Crippen molar-refractivity contribution in [3.8, 4) is 0 Å². The number of benzene rings is 1. The summed E-state index contributed by atoms with van der Waals surface area (Å²) in [6.45, 7) is 0. The second-order valence-electron chi connectivity index (χ2n) is 3.10. The number of anilines is 1. The number of rotatable bonds is 1. The molecule has 0 saturated heterocycles. The molecule has 0 bridgehead atoms. The lowest BCUT2D eigenvalue weighted by molar-refractivity contribution is 0.0569. The maximum Gasteiger partial charge on any atom is 0.376 e. The Bertz CT molecular complexity index is 577. The fraction of sp³-hybridized carbons (Fsp3) is 0.100. The largest absolute Gasteiger partial charge is 0.463 e. The van der Waals surface area contributed by atoms with Gasteiger partial charge in [-0.3, -0.25) is 0 Å². The summed E-state index contributed by atoms with van der Waals surface area (Å²) in [5, 5.41) is 1.21. The molecule has 0 aliphatic heterocycles. The van der Waals surface area contributed by atoms with Crippen LogP contribution in [0.25, 0.3) is 11.0 Å². The maximum absolute atomic E-state index is 11.3. The third-order valence-corrected chi connectivity index (χ3v) is 2.62. The molecule has 2 rings (SSSR count). The SMILES string of the molecule is COC(=O)c1oc2c(Cl)cc(Cl)cc2c1N. The average Bonchev–Trinajstić information content (AvgIpc) is 2.56. The smallest absolute Gasteiger partial charge is 0.376 e. The Morgan fingerprint density at radius 2 is 2.12 bits per heavy atom. The molecule has 1 aromatic heterocycles. The number of halogens is 2. The van der Waals surface area contributed by atoms with Crippen molar-refractivity contribution in [1.82, 2.24) is 0 Å². The summed E-state index contributed by atoms with van der Waals surface area (Å²) in [4.78, 5) is 11.3. The van der Waals surface area contributed by atoms with E-state index in [-0.39, 0.29) is 11.4 Å². The van der Waals surface area contributed by atoms with Crippen molar-refractivity contribution in [2.75, 3.05) is 12.8 Å². The lowest BCUT2D eigenvalue weighted by Crippen LogP contribution is -2.02. The van der Waals surface area contributed by atoms with Crippen LogP contribution in [-0.2, 0) is 4.74 Å². The van der Waals surface area contributed by atoms with Crippen LogP contribution in [0.5, 0.6) is 0 Å². The molecule has 0 aliphatic rings. The van der Waals surface area contributed by atoms with Crippen LogP contribution >= 0.6 is 23.2 Å². The third kappa shape index (κ3) is 1.60. The van der Waals surface area contributed by atoms with Crippen LogP contribution in [0.3, 0.4) is 0 Å². The minimum absolute atomic E-state index is 0.0679. The molecule has 2 N–H and O–H groups in total. The molecule has 0 aliphatic carbocycles. The molecule has 4 nitrogen and oxygen atoms in total. The molecule has 6 heteroatoms. The fourth-order valence-corrected chi connectivity index (χ4v) is 1.92. The Kier molecular flexibility index (Phi) is 2.69. The van der Waals surface area contributed by atoms with Crippen molar-refractivity contribution in [3.63, 3.8) is 0 Å². The zero-order valence-electron chi connectivity index (χ0n) is 8.21. The standard InChI is InChI=1S/C10H7Cl2NO3/c1-15-10(14)9-7(13)5-2-4(11)3-6(12)8(5)16-9/h2-3H,13H2,1H3. The fourth-order valence-electron chi connectivity index (χ4n) is 1.39. The van der Waals surface area contributed by atoms with Crippen LogP contribution in [0.4, 0.5) is 5.69 Å². The first-order chi connectivity index (χ1) is 7.54. The quantitative estimate of drug-likeness (QED) is 0.800. The van der Waals surface area contributed by atoms with E-state index in [9.17, 15) is 4.79 Å². The summed E-state index contributed by atoms with van der Waals surface area (Å²) >= 11 is 11.7. The number of ether oxygens (including phenoxy) is 1. The number of carbonyl (C=O) groups excluding carboxylic acids is 1. The summed E-state index contributed by atoms with van der Waals surface area (Å²) in [6, 6.07) is 3.09. The van der Waals surface area contributed by atoms with Crippen LogP contribution in [0.15, 0.2) is 16.5 Å². The second kappa shape index (κ2) is 3.88. The van der Waals surface area contributed by atoms with Gasteiger partial charge in [0.15, 0.2) is 5.58 Å². The van der Waals surface area contributed by atoms with Crippen LogP contribution in [0.1, 0.15) is 10.6 Å². The van der Waals surface area contributed by atoms with E-state index in [0.29, 0.717) is 21.0 Å². The molecule has 16 heavy (non-hydrogen) atoms.